The lowest BCUT2D eigenvalue weighted by molar-refractivity contribution is -0.132. The van der Waals surface area contributed by atoms with Crippen LogP contribution < -0.4 is 14.8 Å². The van der Waals surface area contributed by atoms with Gasteiger partial charge in [0.2, 0.25) is 11.8 Å². The first-order valence-electron chi connectivity index (χ1n) is 13.7. The SMILES string of the molecule is COc1ccc2cc1OCCN(C(=O)Cn1cnnn1)CCCNC(=O)[C@H]1CN(C(=O)c3cc(C(C)C)on3)C[C@H]21. The molecule has 1 fully saturated rings. The molecule has 14 nitrogen and oxygen atoms in total. The summed E-state index contributed by atoms with van der Waals surface area (Å²) in [5.74, 6) is 0.402. The number of nitrogens with zero attached hydrogens (tertiary/aromatic N) is 7. The van der Waals surface area contributed by atoms with Gasteiger partial charge in [-0.15, -0.1) is 5.10 Å². The van der Waals surface area contributed by atoms with E-state index in [1.54, 1.807) is 29.0 Å². The number of hydrogen-bond acceptors (Lipinski definition) is 10. The van der Waals surface area contributed by atoms with Crippen molar-refractivity contribution >= 4 is 17.7 Å². The number of likely N-dealkylation sites (tertiary alicyclic amines) is 1. The van der Waals surface area contributed by atoms with Gasteiger partial charge in [-0.3, -0.25) is 14.4 Å². The fraction of sp³-hybridized carbons (Fsp3) is 0.519. The molecule has 1 aromatic carbocycles. The van der Waals surface area contributed by atoms with E-state index in [0.29, 0.717) is 49.9 Å². The molecule has 2 bridgehead atoms. The van der Waals surface area contributed by atoms with Crippen molar-refractivity contribution in [3.05, 3.63) is 47.6 Å². The number of nitrogens with one attached hydrogen (secondary N) is 1. The molecule has 2 aromatic heterocycles. The van der Waals surface area contributed by atoms with Crippen molar-refractivity contribution in [2.24, 2.45) is 5.92 Å². The fourth-order valence-electron chi connectivity index (χ4n) is 5.16. The largest absolute Gasteiger partial charge is 0.493 e. The zero-order valence-corrected chi connectivity index (χ0v) is 23.4. The smallest absolute Gasteiger partial charge is 0.276 e. The molecule has 1 saturated heterocycles. The minimum absolute atomic E-state index is 0.00400. The zero-order valence-electron chi connectivity index (χ0n) is 23.4. The van der Waals surface area contributed by atoms with Crippen LogP contribution in [0.15, 0.2) is 35.1 Å². The molecule has 5 rings (SSSR count). The van der Waals surface area contributed by atoms with Crippen LogP contribution in [0.25, 0.3) is 0 Å². The lowest BCUT2D eigenvalue weighted by atomic mass is 9.88. The Balaban J connectivity index is 1.37. The van der Waals surface area contributed by atoms with E-state index in [1.165, 1.54) is 11.0 Å². The predicted octanol–water partition coefficient (Wildman–Crippen LogP) is 1.08. The average Bonchev–Trinajstić information content (AvgIpc) is 3.74. The number of rotatable bonds is 5. The third kappa shape index (κ3) is 6.31. The van der Waals surface area contributed by atoms with Crippen molar-refractivity contribution in [2.75, 3.05) is 46.4 Å². The molecule has 2 aliphatic rings. The molecule has 3 aromatic rings. The quantitative estimate of drug-likeness (QED) is 0.474. The Hall–Kier alpha value is -4.49. The monoisotopic (exact) mass is 566 g/mol. The van der Waals surface area contributed by atoms with Crippen molar-refractivity contribution in [1.82, 2.24) is 40.5 Å². The summed E-state index contributed by atoms with van der Waals surface area (Å²) in [6.07, 6.45) is 1.92. The van der Waals surface area contributed by atoms with Gasteiger partial charge in [0.1, 0.15) is 25.2 Å². The maximum absolute atomic E-state index is 13.5. The van der Waals surface area contributed by atoms with E-state index < -0.39 is 5.92 Å². The third-order valence-electron chi connectivity index (χ3n) is 7.44. The zero-order chi connectivity index (χ0) is 28.9. The van der Waals surface area contributed by atoms with Gasteiger partial charge in [0.25, 0.3) is 5.91 Å². The molecule has 4 heterocycles. The molecule has 41 heavy (non-hydrogen) atoms. The Kier molecular flexibility index (Phi) is 8.45. The van der Waals surface area contributed by atoms with Gasteiger partial charge in [-0.2, -0.15) is 0 Å². The van der Waals surface area contributed by atoms with Gasteiger partial charge in [0.05, 0.1) is 19.6 Å². The van der Waals surface area contributed by atoms with Crippen LogP contribution in [0.4, 0.5) is 0 Å². The third-order valence-corrected chi connectivity index (χ3v) is 7.44. The summed E-state index contributed by atoms with van der Waals surface area (Å²) in [7, 11) is 1.55. The minimum atomic E-state index is -0.489. The van der Waals surface area contributed by atoms with Crippen LogP contribution >= 0.6 is 0 Å². The Labute approximate surface area is 236 Å². The molecular formula is C27H34N8O6. The van der Waals surface area contributed by atoms with Crippen molar-refractivity contribution in [2.45, 2.75) is 38.6 Å². The lowest BCUT2D eigenvalue weighted by Crippen LogP contribution is -2.40. The second-order valence-corrected chi connectivity index (χ2v) is 10.5. The number of carbonyl (C=O) groups excluding carboxylic acids is 3. The molecule has 0 radical (unpaired) electrons. The number of tetrazole rings is 1. The Morgan fingerprint density at radius 3 is 2.71 bits per heavy atom. The first kappa shape index (κ1) is 28.1. The summed E-state index contributed by atoms with van der Waals surface area (Å²) >= 11 is 0. The Morgan fingerprint density at radius 2 is 1.98 bits per heavy atom. The average molecular weight is 567 g/mol. The molecule has 2 aliphatic heterocycles. The molecule has 0 aliphatic carbocycles. The summed E-state index contributed by atoms with van der Waals surface area (Å²) in [6, 6.07) is 7.20. The highest BCUT2D eigenvalue weighted by Crippen LogP contribution is 2.38. The predicted molar refractivity (Wildman–Crippen MR) is 143 cm³/mol. The van der Waals surface area contributed by atoms with E-state index in [2.05, 4.69) is 26.0 Å². The molecule has 2 atom stereocenters. The van der Waals surface area contributed by atoms with Crippen molar-refractivity contribution < 1.29 is 28.4 Å². The number of hydrogen-bond donors (Lipinski definition) is 1. The van der Waals surface area contributed by atoms with Gasteiger partial charge in [-0.1, -0.05) is 25.1 Å². The molecule has 0 saturated carbocycles. The van der Waals surface area contributed by atoms with Gasteiger partial charge in [-0.25, -0.2) is 4.68 Å². The van der Waals surface area contributed by atoms with Crippen LogP contribution in [0.3, 0.4) is 0 Å². The molecule has 1 N–H and O–H groups in total. The highest BCUT2D eigenvalue weighted by molar-refractivity contribution is 5.93. The van der Waals surface area contributed by atoms with E-state index in [0.717, 1.165) is 5.56 Å². The maximum atomic E-state index is 13.5. The van der Waals surface area contributed by atoms with E-state index in [1.807, 2.05) is 26.0 Å². The number of fused-ring (bicyclic) bond motifs is 4. The normalized spacial score (nSPS) is 19.8. The number of aromatic nitrogens is 5. The van der Waals surface area contributed by atoms with E-state index >= 15 is 0 Å². The number of benzene rings is 1. The maximum Gasteiger partial charge on any atom is 0.276 e. The van der Waals surface area contributed by atoms with E-state index in [4.69, 9.17) is 14.0 Å². The minimum Gasteiger partial charge on any atom is -0.493 e. The highest BCUT2D eigenvalue weighted by atomic mass is 16.5. The van der Waals surface area contributed by atoms with E-state index in [-0.39, 0.29) is 54.9 Å². The number of amides is 3. The fourth-order valence-corrected chi connectivity index (χ4v) is 5.16. The molecular weight excluding hydrogens is 532 g/mol. The van der Waals surface area contributed by atoms with Gasteiger partial charge < -0.3 is 29.1 Å². The van der Waals surface area contributed by atoms with Gasteiger partial charge in [0, 0.05) is 44.1 Å². The van der Waals surface area contributed by atoms with Crippen LogP contribution in [-0.2, 0) is 16.1 Å². The summed E-state index contributed by atoms with van der Waals surface area (Å²) < 4.78 is 18.3. The number of methoxy groups -OCH3 is 1. The molecule has 14 heteroatoms. The Morgan fingerprint density at radius 1 is 1.15 bits per heavy atom. The molecule has 218 valence electrons. The molecule has 0 spiro atoms. The van der Waals surface area contributed by atoms with Crippen molar-refractivity contribution in [1.29, 1.82) is 0 Å². The van der Waals surface area contributed by atoms with Gasteiger partial charge in [-0.05, 0) is 34.5 Å². The van der Waals surface area contributed by atoms with E-state index in [9.17, 15) is 14.4 Å². The topological polar surface area (TPSA) is 158 Å². The van der Waals surface area contributed by atoms with Crippen molar-refractivity contribution in [3.8, 4) is 11.5 Å². The first-order chi connectivity index (χ1) is 19.8. The van der Waals surface area contributed by atoms with Crippen LogP contribution in [0.5, 0.6) is 11.5 Å². The van der Waals surface area contributed by atoms with Crippen LogP contribution in [0, 0.1) is 5.92 Å². The lowest BCUT2D eigenvalue weighted by Gasteiger charge is -2.25. The number of ether oxygens (including phenoxy) is 2. The Bertz CT molecular complexity index is 1370. The summed E-state index contributed by atoms with van der Waals surface area (Å²) in [4.78, 5) is 43.1. The van der Waals surface area contributed by atoms with Gasteiger partial charge >= 0.3 is 0 Å². The summed E-state index contributed by atoms with van der Waals surface area (Å²) in [6.45, 7) is 5.84. The molecule has 3 amide bonds. The summed E-state index contributed by atoms with van der Waals surface area (Å²) in [5, 5.41) is 17.9. The second-order valence-electron chi connectivity index (χ2n) is 10.5. The van der Waals surface area contributed by atoms with Crippen molar-refractivity contribution in [3.63, 3.8) is 0 Å². The standard InChI is InChI=1S/C27H34N8O6/c1-17(2)23-12-21(30-41-23)27(38)34-13-19-18-5-6-22(39-3)24(11-18)40-10-9-33(25(36)15-35-16-29-31-32-35)8-4-7-28-26(37)20(19)14-34/h5-6,11-12,16-17,19-20H,4,7-10,13-15H2,1-3H3,(H,28,37)/t19-,20+/m1/s1. The van der Waals surface area contributed by atoms with Crippen LogP contribution in [0.2, 0.25) is 0 Å². The highest BCUT2D eigenvalue weighted by Gasteiger charge is 2.41. The first-order valence-corrected chi connectivity index (χ1v) is 13.7. The van der Waals surface area contributed by atoms with Crippen LogP contribution in [0.1, 0.15) is 53.9 Å². The molecule has 0 unspecified atom stereocenters. The number of carbonyl (C=O) groups is 3. The van der Waals surface area contributed by atoms with Gasteiger partial charge in [0.15, 0.2) is 17.2 Å². The van der Waals surface area contributed by atoms with Crippen LogP contribution in [-0.4, -0.2) is 99.3 Å². The second kappa shape index (κ2) is 12.4. The summed E-state index contributed by atoms with van der Waals surface area (Å²) in [5.41, 5.74) is 1.08.